The van der Waals surface area contributed by atoms with Crippen molar-refractivity contribution < 1.29 is 0 Å². The minimum atomic E-state index is 0.550. The summed E-state index contributed by atoms with van der Waals surface area (Å²) in [5.41, 5.74) is 3.63. The van der Waals surface area contributed by atoms with Gasteiger partial charge >= 0.3 is 0 Å². The van der Waals surface area contributed by atoms with Crippen LogP contribution in [0.5, 0.6) is 0 Å². The van der Waals surface area contributed by atoms with Crippen LogP contribution in [0.2, 0.25) is 0 Å². The van der Waals surface area contributed by atoms with E-state index in [2.05, 4.69) is 48.1 Å². The van der Waals surface area contributed by atoms with Crippen molar-refractivity contribution in [3.05, 3.63) is 35.4 Å². The zero-order valence-electron chi connectivity index (χ0n) is 15.3. The molecule has 0 bridgehead atoms. The first-order chi connectivity index (χ1) is 12.7. The molecule has 0 N–H and O–H groups in total. The van der Waals surface area contributed by atoms with E-state index < -0.39 is 0 Å². The molecule has 2 aliphatic rings. The Morgan fingerprint density at radius 1 is 1.19 bits per heavy atom. The van der Waals surface area contributed by atoms with Crippen LogP contribution in [0.15, 0.2) is 18.3 Å². The van der Waals surface area contributed by atoms with Crippen molar-refractivity contribution in [3.63, 3.8) is 0 Å². The van der Waals surface area contributed by atoms with Gasteiger partial charge in [-0.15, -0.1) is 15.3 Å². The second-order valence-electron chi connectivity index (χ2n) is 7.48. The van der Waals surface area contributed by atoms with E-state index in [1.165, 1.54) is 30.5 Å². The second-order valence-corrected chi connectivity index (χ2v) is 7.48. The van der Waals surface area contributed by atoms with Gasteiger partial charge in [0.25, 0.3) is 0 Å². The van der Waals surface area contributed by atoms with Crippen LogP contribution in [0.1, 0.15) is 29.9 Å². The second kappa shape index (κ2) is 6.05. The van der Waals surface area contributed by atoms with E-state index in [-0.39, 0.29) is 0 Å². The molecule has 0 radical (unpaired) electrons. The molecule has 3 aromatic rings. The van der Waals surface area contributed by atoms with Crippen molar-refractivity contribution in [1.29, 1.82) is 0 Å². The van der Waals surface area contributed by atoms with E-state index in [1.54, 1.807) is 0 Å². The summed E-state index contributed by atoms with van der Waals surface area (Å²) in [6.45, 7) is 5.98. The van der Waals surface area contributed by atoms with Gasteiger partial charge in [-0.1, -0.05) is 0 Å². The minimum absolute atomic E-state index is 0.550. The summed E-state index contributed by atoms with van der Waals surface area (Å²) in [6.07, 6.45) is 5.78. The molecule has 0 spiro atoms. The number of rotatable bonds is 4. The van der Waals surface area contributed by atoms with Crippen molar-refractivity contribution in [2.45, 2.75) is 45.3 Å². The van der Waals surface area contributed by atoms with Crippen LogP contribution < -0.4 is 4.90 Å². The molecule has 8 nitrogen and oxygen atoms in total. The van der Waals surface area contributed by atoms with Crippen molar-refractivity contribution in [2.75, 3.05) is 25.0 Å². The zero-order chi connectivity index (χ0) is 17.7. The summed E-state index contributed by atoms with van der Waals surface area (Å²) in [4.78, 5) is 4.76. The number of hydrogen-bond acceptors (Lipinski definition) is 6. The third-order valence-electron chi connectivity index (χ3n) is 5.70. The van der Waals surface area contributed by atoms with E-state index >= 15 is 0 Å². The van der Waals surface area contributed by atoms with E-state index in [4.69, 9.17) is 0 Å². The summed E-state index contributed by atoms with van der Waals surface area (Å²) in [7, 11) is 2.22. The van der Waals surface area contributed by atoms with Crippen LogP contribution in [-0.4, -0.2) is 60.7 Å². The molecule has 5 rings (SSSR count). The number of likely N-dealkylation sites (N-methyl/N-ethyl adjacent to an activating group) is 1. The molecular formula is C18H24N8. The molecule has 5 heterocycles. The Morgan fingerprint density at radius 2 is 2.08 bits per heavy atom. The summed E-state index contributed by atoms with van der Waals surface area (Å²) < 4.78 is 4.01. The lowest BCUT2D eigenvalue weighted by Gasteiger charge is -2.44. The Kier molecular flexibility index (Phi) is 3.66. The van der Waals surface area contributed by atoms with Crippen LogP contribution in [0.4, 0.5) is 5.82 Å². The predicted molar refractivity (Wildman–Crippen MR) is 98.2 cm³/mol. The lowest BCUT2D eigenvalue weighted by atomic mass is 10.0. The zero-order valence-corrected chi connectivity index (χ0v) is 15.3. The molecule has 0 aliphatic carbocycles. The molecule has 0 saturated carbocycles. The van der Waals surface area contributed by atoms with Gasteiger partial charge in [0.15, 0.2) is 11.5 Å². The maximum Gasteiger partial charge on any atom is 0.178 e. The van der Waals surface area contributed by atoms with Gasteiger partial charge in [0, 0.05) is 43.5 Å². The first-order valence-electron chi connectivity index (χ1n) is 9.37. The summed E-state index contributed by atoms with van der Waals surface area (Å²) >= 11 is 0. The molecule has 1 fully saturated rings. The Bertz CT molecular complexity index is 936. The van der Waals surface area contributed by atoms with E-state index in [9.17, 15) is 0 Å². The molecule has 1 saturated heterocycles. The standard InChI is InChI=1S/C18H24N8/c1-13-20-21-17-6-7-18(22-26(13)17)24-11-15(12-24)23(2)10-14-9-19-25-8-4-3-5-16(14)25/h6-7,9,15H,3-5,8,10-12H2,1-2H3. The van der Waals surface area contributed by atoms with Gasteiger partial charge in [-0.2, -0.15) is 9.61 Å². The van der Waals surface area contributed by atoms with Crippen molar-refractivity contribution in [1.82, 2.24) is 34.5 Å². The smallest absolute Gasteiger partial charge is 0.178 e. The summed E-state index contributed by atoms with van der Waals surface area (Å²) in [5, 5.41) is 17.4. The van der Waals surface area contributed by atoms with Crippen molar-refractivity contribution >= 4 is 11.5 Å². The summed E-state index contributed by atoms with van der Waals surface area (Å²) in [6, 6.07) is 4.57. The molecule has 8 heteroatoms. The Balaban J connectivity index is 1.24. The van der Waals surface area contributed by atoms with E-state index in [0.717, 1.165) is 43.5 Å². The third kappa shape index (κ3) is 2.56. The van der Waals surface area contributed by atoms with Crippen LogP contribution in [0, 0.1) is 6.92 Å². The maximum absolute atomic E-state index is 4.67. The number of fused-ring (bicyclic) bond motifs is 2. The monoisotopic (exact) mass is 352 g/mol. The fraction of sp³-hybridized carbons (Fsp3) is 0.556. The first kappa shape index (κ1) is 15.7. The van der Waals surface area contributed by atoms with Gasteiger partial charge in [-0.3, -0.25) is 9.58 Å². The Hall–Kier alpha value is -2.48. The third-order valence-corrected chi connectivity index (χ3v) is 5.70. The highest BCUT2D eigenvalue weighted by Crippen LogP contribution is 2.24. The van der Waals surface area contributed by atoms with Crippen LogP contribution >= 0.6 is 0 Å². The molecule has 0 aromatic carbocycles. The molecule has 0 unspecified atom stereocenters. The van der Waals surface area contributed by atoms with Gasteiger partial charge < -0.3 is 4.90 Å². The lowest BCUT2D eigenvalue weighted by Crippen LogP contribution is -2.58. The fourth-order valence-electron chi connectivity index (χ4n) is 3.99. The van der Waals surface area contributed by atoms with E-state index in [0.29, 0.717) is 6.04 Å². The molecule has 0 amide bonds. The van der Waals surface area contributed by atoms with Gasteiger partial charge in [-0.25, -0.2) is 0 Å². The van der Waals surface area contributed by atoms with Gasteiger partial charge in [0.1, 0.15) is 5.82 Å². The maximum atomic E-state index is 4.67. The average Bonchev–Trinajstić information content (AvgIpc) is 3.18. The highest BCUT2D eigenvalue weighted by molar-refractivity contribution is 5.47. The van der Waals surface area contributed by atoms with Crippen LogP contribution in [0.3, 0.4) is 0 Å². The number of aryl methyl sites for hydroxylation is 2. The number of anilines is 1. The quantitative estimate of drug-likeness (QED) is 0.705. The highest BCUT2D eigenvalue weighted by Gasteiger charge is 2.32. The molecular weight excluding hydrogens is 328 g/mol. The Morgan fingerprint density at radius 3 is 2.96 bits per heavy atom. The molecule has 26 heavy (non-hydrogen) atoms. The summed E-state index contributed by atoms with van der Waals surface area (Å²) in [5.74, 6) is 1.81. The van der Waals surface area contributed by atoms with Gasteiger partial charge in [-0.05, 0) is 45.4 Å². The van der Waals surface area contributed by atoms with Crippen LogP contribution in [-0.2, 0) is 19.5 Å². The topological polar surface area (TPSA) is 67.4 Å². The highest BCUT2D eigenvalue weighted by atomic mass is 15.4. The van der Waals surface area contributed by atoms with Crippen molar-refractivity contribution in [3.8, 4) is 0 Å². The SMILES string of the molecule is Cc1nnc2ccc(N3CC(N(C)Cc4cnn5c4CCCC5)C3)nn12. The average molecular weight is 352 g/mol. The fourth-order valence-corrected chi connectivity index (χ4v) is 3.99. The minimum Gasteiger partial charge on any atom is -0.352 e. The van der Waals surface area contributed by atoms with Crippen molar-refractivity contribution in [2.24, 2.45) is 0 Å². The largest absolute Gasteiger partial charge is 0.352 e. The Labute approximate surface area is 152 Å². The first-order valence-corrected chi connectivity index (χ1v) is 9.37. The number of aromatic nitrogens is 6. The van der Waals surface area contributed by atoms with Crippen LogP contribution in [0.25, 0.3) is 5.65 Å². The number of hydrogen-bond donors (Lipinski definition) is 0. The lowest BCUT2D eigenvalue weighted by molar-refractivity contribution is 0.196. The normalized spacial score (nSPS) is 17.7. The van der Waals surface area contributed by atoms with Gasteiger partial charge in [0.05, 0.1) is 6.20 Å². The molecule has 2 aliphatic heterocycles. The van der Waals surface area contributed by atoms with E-state index in [1.807, 2.05) is 23.6 Å². The molecule has 3 aromatic heterocycles. The number of nitrogens with zero attached hydrogens (tertiary/aromatic N) is 8. The molecule has 0 atom stereocenters. The predicted octanol–water partition coefficient (Wildman–Crippen LogP) is 1.29. The van der Waals surface area contributed by atoms with Gasteiger partial charge in [0.2, 0.25) is 0 Å². The molecule has 136 valence electrons.